The molecular formula is C25H30FN7O2. The van der Waals surface area contributed by atoms with Crippen molar-refractivity contribution in [3.8, 4) is 11.1 Å². The lowest BCUT2D eigenvalue weighted by molar-refractivity contribution is 0.00834. The predicted molar refractivity (Wildman–Crippen MR) is 132 cm³/mol. The summed E-state index contributed by atoms with van der Waals surface area (Å²) < 4.78 is 21.8. The van der Waals surface area contributed by atoms with Gasteiger partial charge in [-0.3, -0.25) is 4.68 Å². The van der Waals surface area contributed by atoms with E-state index in [1.165, 1.54) is 0 Å². The van der Waals surface area contributed by atoms with Crippen molar-refractivity contribution in [3.63, 3.8) is 0 Å². The van der Waals surface area contributed by atoms with E-state index in [2.05, 4.69) is 34.2 Å². The molecule has 9 nitrogen and oxygen atoms in total. The first-order chi connectivity index (χ1) is 16.6. The highest BCUT2D eigenvalue weighted by molar-refractivity contribution is 5.94. The standard InChI is InChI=1S/C25H30FN7O2/c1-14(2)33-11-15(9-29-33)19-10-28-22(8-20(19)32-12-16(26)7-17(27)13-32)30-21-6-5-18-23(31-21)25(3,4)35-24(18)34/h5-6,8-11,14,16-17H,7,12-13,27H2,1-4H3,(H,28,30,31)/t16-,17-/m0/s1. The van der Waals surface area contributed by atoms with E-state index >= 15 is 0 Å². The van der Waals surface area contributed by atoms with E-state index < -0.39 is 11.8 Å². The molecule has 0 amide bonds. The van der Waals surface area contributed by atoms with Crippen LogP contribution in [-0.4, -0.2) is 51.0 Å². The molecule has 2 aliphatic heterocycles. The van der Waals surface area contributed by atoms with E-state index in [4.69, 9.17) is 10.5 Å². The third-order valence-electron chi connectivity index (χ3n) is 6.39. The molecule has 0 radical (unpaired) electrons. The maximum Gasteiger partial charge on any atom is 0.341 e. The van der Waals surface area contributed by atoms with Gasteiger partial charge >= 0.3 is 5.97 Å². The quantitative estimate of drug-likeness (QED) is 0.529. The largest absolute Gasteiger partial charge is 0.449 e. The van der Waals surface area contributed by atoms with Crippen LogP contribution in [0.15, 0.2) is 36.8 Å². The van der Waals surface area contributed by atoms with Crippen LogP contribution in [0.5, 0.6) is 0 Å². The molecule has 0 aromatic carbocycles. The molecule has 3 aromatic rings. The molecule has 0 spiro atoms. The number of carbonyl (C=O) groups excluding carboxylic acids is 1. The third kappa shape index (κ3) is 4.45. The lowest BCUT2D eigenvalue weighted by atomic mass is 10.0. The Hall–Kier alpha value is -3.53. The lowest BCUT2D eigenvalue weighted by Crippen LogP contribution is -2.48. The number of fused-ring (bicyclic) bond motifs is 1. The molecule has 5 rings (SSSR count). The van der Waals surface area contributed by atoms with Crippen molar-refractivity contribution < 1.29 is 13.9 Å². The second kappa shape index (κ2) is 8.60. The fourth-order valence-electron chi connectivity index (χ4n) is 4.65. The molecule has 0 unspecified atom stereocenters. The van der Waals surface area contributed by atoms with Gasteiger partial charge in [0.2, 0.25) is 0 Å². The normalized spacial score (nSPS) is 21.2. The maximum absolute atomic E-state index is 14.5. The Morgan fingerprint density at radius 1 is 1.20 bits per heavy atom. The predicted octanol–water partition coefficient (Wildman–Crippen LogP) is 3.95. The Morgan fingerprint density at radius 3 is 2.71 bits per heavy atom. The van der Waals surface area contributed by atoms with E-state index in [1.807, 2.05) is 35.7 Å². The molecule has 2 atom stereocenters. The number of pyridine rings is 2. The van der Waals surface area contributed by atoms with E-state index in [-0.39, 0.29) is 24.6 Å². The van der Waals surface area contributed by atoms with Gasteiger partial charge < -0.3 is 20.7 Å². The van der Waals surface area contributed by atoms with Gasteiger partial charge in [0.1, 0.15) is 29.1 Å². The van der Waals surface area contributed by atoms with Crippen molar-refractivity contribution in [1.29, 1.82) is 0 Å². The molecule has 0 bridgehead atoms. The smallest absolute Gasteiger partial charge is 0.341 e. The van der Waals surface area contributed by atoms with Crippen molar-refractivity contribution in [1.82, 2.24) is 19.7 Å². The number of halogens is 1. The van der Waals surface area contributed by atoms with Crippen LogP contribution < -0.4 is 16.0 Å². The van der Waals surface area contributed by atoms with Crippen molar-refractivity contribution in [2.45, 2.75) is 58.0 Å². The summed E-state index contributed by atoms with van der Waals surface area (Å²) in [7, 11) is 0. The Morgan fingerprint density at radius 2 is 2.00 bits per heavy atom. The number of esters is 1. The first kappa shape index (κ1) is 23.2. The molecule has 184 valence electrons. The molecule has 10 heteroatoms. The molecule has 3 aromatic heterocycles. The molecule has 5 heterocycles. The number of nitrogens with zero attached hydrogens (tertiary/aromatic N) is 5. The number of aromatic nitrogens is 4. The number of hydrogen-bond donors (Lipinski definition) is 2. The molecular weight excluding hydrogens is 449 g/mol. The van der Waals surface area contributed by atoms with Gasteiger partial charge in [-0.15, -0.1) is 0 Å². The minimum atomic E-state index is -1.01. The number of rotatable bonds is 5. The van der Waals surface area contributed by atoms with E-state index in [9.17, 15) is 9.18 Å². The summed E-state index contributed by atoms with van der Waals surface area (Å²) in [4.78, 5) is 23.3. The zero-order valence-corrected chi connectivity index (χ0v) is 20.3. The molecule has 1 fully saturated rings. The summed E-state index contributed by atoms with van der Waals surface area (Å²) in [5, 5.41) is 7.69. The van der Waals surface area contributed by atoms with Crippen LogP contribution in [0.2, 0.25) is 0 Å². The number of cyclic esters (lactones) is 1. The first-order valence-electron chi connectivity index (χ1n) is 11.8. The minimum absolute atomic E-state index is 0.214. The highest BCUT2D eigenvalue weighted by Gasteiger charge is 2.39. The van der Waals surface area contributed by atoms with Crippen molar-refractivity contribution in [3.05, 3.63) is 48.0 Å². The summed E-state index contributed by atoms with van der Waals surface area (Å²) in [6.07, 6.45) is 4.87. The Kier molecular flexibility index (Phi) is 5.71. The molecule has 3 N–H and O–H groups in total. The lowest BCUT2D eigenvalue weighted by Gasteiger charge is -2.35. The van der Waals surface area contributed by atoms with E-state index in [0.717, 1.165) is 16.8 Å². The van der Waals surface area contributed by atoms with Crippen LogP contribution in [0.1, 0.15) is 56.2 Å². The van der Waals surface area contributed by atoms with Crippen LogP contribution in [0.3, 0.4) is 0 Å². The van der Waals surface area contributed by atoms with Crippen molar-refractivity contribution in [2.75, 3.05) is 23.3 Å². The minimum Gasteiger partial charge on any atom is -0.449 e. The van der Waals surface area contributed by atoms with Gasteiger partial charge in [-0.25, -0.2) is 19.2 Å². The van der Waals surface area contributed by atoms with E-state index in [0.29, 0.717) is 35.9 Å². The molecule has 35 heavy (non-hydrogen) atoms. The van der Waals surface area contributed by atoms with Crippen molar-refractivity contribution in [2.24, 2.45) is 5.73 Å². The second-order valence-corrected chi connectivity index (χ2v) is 10.0. The van der Waals surface area contributed by atoms with Gasteiger partial charge in [-0.1, -0.05) is 0 Å². The monoisotopic (exact) mass is 479 g/mol. The Balaban J connectivity index is 1.52. The summed E-state index contributed by atoms with van der Waals surface area (Å²) in [6.45, 7) is 8.53. The van der Waals surface area contributed by atoms with Crippen LogP contribution in [-0.2, 0) is 10.3 Å². The zero-order valence-electron chi connectivity index (χ0n) is 20.3. The summed E-state index contributed by atoms with van der Waals surface area (Å²) >= 11 is 0. The van der Waals surface area contributed by atoms with Crippen LogP contribution in [0, 0.1) is 0 Å². The van der Waals surface area contributed by atoms with Gasteiger partial charge in [0, 0.05) is 54.8 Å². The summed E-state index contributed by atoms with van der Waals surface area (Å²) in [5.74, 6) is 0.704. The summed E-state index contributed by atoms with van der Waals surface area (Å²) in [5.41, 5.74) is 8.97. The summed E-state index contributed by atoms with van der Waals surface area (Å²) in [6, 6.07) is 5.26. The fraction of sp³-hybridized carbons (Fsp3) is 0.440. The molecule has 2 aliphatic rings. The van der Waals surface area contributed by atoms with Gasteiger partial charge in [0.25, 0.3) is 0 Å². The molecule has 0 aliphatic carbocycles. The number of alkyl halides is 1. The van der Waals surface area contributed by atoms with Gasteiger partial charge in [0.15, 0.2) is 0 Å². The Bertz CT molecular complexity index is 1260. The van der Waals surface area contributed by atoms with Crippen LogP contribution >= 0.6 is 0 Å². The number of nitrogens with two attached hydrogens (primary N) is 1. The van der Waals surface area contributed by atoms with Crippen LogP contribution in [0.4, 0.5) is 21.7 Å². The van der Waals surface area contributed by atoms with Crippen molar-refractivity contribution >= 4 is 23.3 Å². The molecule has 0 saturated carbocycles. The zero-order chi connectivity index (χ0) is 24.9. The Labute approximate surface area is 203 Å². The van der Waals surface area contributed by atoms with E-state index in [1.54, 1.807) is 24.5 Å². The van der Waals surface area contributed by atoms with Gasteiger partial charge in [-0.05, 0) is 46.2 Å². The van der Waals surface area contributed by atoms with Crippen LogP contribution in [0.25, 0.3) is 11.1 Å². The molecule has 1 saturated heterocycles. The topological polar surface area (TPSA) is 111 Å². The third-order valence-corrected chi connectivity index (χ3v) is 6.39. The number of ether oxygens (including phenoxy) is 1. The average molecular weight is 480 g/mol. The SMILES string of the molecule is CC(C)n1cc(-c2cnc(Nc3ccc4c(n3)C(C)(C)OC4=O)cc2N2C[C@@H](N)C[C@H](F)C2)cn1. The highest BCUT2D eigenvalue weighted by atomic mass is 19.1. The maximum atomic E-state index is 14.5. The average Bonchev–Trinajstić information content (AvgIpc) is 3.36. The number of carbonyl (C=O) groups is 1. The number of piperidine rings is 1. The first-order valence-corrected chi connectivity index (χ1v) is 11.8. The number of nitrogens with one attached hydrogen (secondary N) is 1. The fourth-order valence-corrected chi connectivity index (χ4v) is 4.65. The second-order valence-electron chi connectivity index (χ2n) is 10.0. The number of hydrogen-bond acceptors (Lipinski definition) is 8. The highest BCUT2D eigenvalue weighted by Crippen LogP contribution is 2.37. The number of anilines is 3. The van der Waals surface area contributed by atoms with Gasteiger partial charge in [0.05, 0.1) is 17.4 Å². The van der Waals surface area contributed by atoms with Gasteiger partial charge in [-0.2, -0.15) is 5.10 Å².